The summed E-state index contributed by atoms with van der Waals surface area (Å²) in [5.41, 5.74) is 11.9. The second kappa shape index (κ2) is 13.4. The van der Waals surface area contributed by atoms with Crippen LogP contribution in [-0.2, 0) is 0 Å². The highest BCUT2D eigenvalue weighted by Crippen LogP contribution is 2.40. The van der Waals surface area contributed by atoms with E-state index in [1.54, 1.807) is 0 Å². The summed E-state index contributed by atoms with van der Waals surface area (Å²) in [6, 6.07) is 69.7. The van der Waals surface area contributed by atoms with Gasteiger partial charge < -0.3 is 9.32 Å². The monoisotopic (exact) mass is 691 g/mol. The third kappa shape index (κ3) is 5.86. The first-order valence-electron chi connectivity index (χ1n) is 18.1. The number of para-hydroxylation sites is 1. The van der Waals surface area contributed by atoms with Gasteiger partial charge in [0.2, 0.25) is 0 Å². The van der Waals surface area contributed by atoms with E-state index in [0.717, 1.165) is 67.1 Å². The van der Waals surface area contributed by atoms with Crippen molar-refractivity contribution in [1.82, 2.24) is 9.97 Å². The Morgan fingerprint density at radius 2 is 0.907 bits per heavy atom. The van der Waals surface area contributed by atoms with Crippen LogP contribution in [0.25, 0.3) is 77.7 Å². The van der Waals surface area contributed by atoms with Crippen molar-refractivity contribution in [2.45, 2.75) is 0 Å². The molecule has 0 saturated carbocycles. The molecule has 0 atom stereocenters. The number of benzene rings is 8. The summed E-state index contributed by atoms with van der Waals surface area (Å²) in [4.78, 5) is 12.5. The fraction of sp³-hybridized carbons (Fsp3) is 0. The zero-order chi connectivity index (χ0) is 35.8. The van der Waals surface area contributed by atoms with Gasteiger partial charge in [0.05, 0.1) is 11.4 Å². The van der Waals surface area contributed by atoms with Gasteiger partial charge in [-0.05, 0) is 88.6 Å². The number of furan rings is 1. The van der Waals surface area contributed by atoms with Crippen molar-refractivity contribution in [3.63, 3.8) is 0 Å². The molecule has 8 aromatic carbocycles. The summed E-state index contributed by atoms with van der Waals surface area (Å²) >= 11 is 0. The molecule has 54 heavy (non-hydrogen) atoms. The lowest BCUT2D eigenvalue weighted by Gasteiger charge is -2.25. The first kappa shape index (κ1) is 31.4. The first-order chi connectivity index (χ1) is 26.7. The van der Waals surface area contributed by atoms with E-state index in [9.17, 15) is 0 Å². The molecule has 0 aliphatic carbocycles. The number of aromatic nitrogens is 2. The molecule has 4 heteroatoms. The van der Waals surface area contributed by atoms with Gasteiger partial charge in [-0.3, -0.25) is 0 Å². The van der Waals surface area contributed by atoms with Crippen LogP contribution < -0.4 is 4.90 Å². The lowest BCUT2D eigenvalue weighted by atomic mass is 10.0. The predicted molar refractivity (Wildman–Crippen MR) is 223 cm³/mol. The van der Waals surface area contributed by atoms with Crippen molar-refractivity contribution in [1.29, 1.82) is 0 Å². The third-order valence-corrected chi connectivity index (χ3v) is 10.1. The second-order valence-corrected chi connectivity index (χ2v) is 13.5. The molecule has 0 aliphatic heterocycles. The van der Waals surface area contributed by atoms with Crippen molar-refractivity contribution in [3.05, 3.63) is 200 Å². The average Bonchev–Trinajstić information content (AvgIpc) is 3.62. The number of nitrogens with zero attached hydrogens (tertiary/aromatic N) is 3. The lowest BCUT2D eigenvalue weighted by molar-refractivity contribution is 0.669. The van der Waals surface area contributed by atoms with Gasteiger partial charge >= 0.3 is 0 Å². The van der Waals surface area contributed by atoms with Crippen molar-refractivity contribution < 1.29 is 4.42 Å². The molecule has 0 aliphatic rings. The zero-order valence-corrected chi connectivity index (χ0v) is 29.3. The minimum absolute atomic E-state index is 0.650. The highest BCUT2D eigenvalue weighted by atomic mass is 16.3. The largest absolute Gasteiger partial charge is 0.456 e. The molecule has 0 radical (unpaired) electrons. The number of hydrogen-bond donors (Lipinski definition) is 0. The van der Waals surface area contributed by atoms with Gasteiger partial charge in [0.15, 0.2) is 5.82 Å². The highest BCUT2D eigenvalue weighted by molar-refractivity contribution is 6.07. The van der Waals surface area contributed by atoms with Gasteiger partial charge in [0.1, 0.15) is 11.2 Å². The number of hydrogen-bond acceptors (Lipinski definition) is 4. The van der Waals surface area contributed by atoms with Crippen molar-refractivity contribution >= 4 is 49.8 Å². The standard InChI is InChI=1S/C50H33N3O/c1-4-12-34(13-5-1)36-22-25-42(26-23-36)53(41-18-8-3-9-19-41)43-27-29-48-45(32-43)44-28-24-40(31-49(44)54-48)50-51-46(37-15-6-2-7-16-37)33-47(52-50)39-21-20-35-14-10-11-17-38(35)30-39/h1-33H. The van der Waals surface area contributed by atoms with Crippen LogP contribution in [0, 0.1) is 0 Å². The molecule has 4 nitrogen and oxygen atoms in total. The van der Waals surface area contributed by atoms with Crippen LogP contribution in [0.4, 0.5) is 17.1 Å². The Balaban J connectivity index is 1.06. The van der Waals surface area contributed by atoms with Crippen LogP contribution in [-0.4, -0.2) is 9.97 Å². The number of rotatable bonds is 7. The van der Waals surface area contributed by atoms with Crippen molar-refractivity contribution in [2.75, 3.05) is 4.90 Å². The molecular weight excluding hydrogens is 659 g/mol. The van der Waals surface area contributed by atoms with Crippen LogP contribution in [0.5, 0.6) is 0 Å². The van der Waals surface area contributed by atoms with Gasteiger partial charge in [0, 0.05) is 44.5 Å². The van der Waals surface area contributed by atoms with E-state index in [1.165, 1.54) is 21.9 Å². The minimum atomic E-state index is 0.650. The first-order valence-corrected chi connectivity index (χ1v) is 18.1. The fourth-order valence-corrected chi connectivity index (χ4v) is 7.33. The molecule has 0 bridgehead atoms. The van der Waals surface area contributed by atoms with Crippen LogP contribution in [0.3, 0.4) is 0 Å². The van der Waals surface area contributed by atoms with Crippen LogP contribution in [0.1, 0.15) is 0 Å². The lowest BCUT2D eigenvalue weighted by Crippen LogP contribution is -2.09. The Kier molecular flexibility index (Phi) is 7.77. The Bertz CT molecular complexity index is 2920. The average molecular weight is 692 g/mol. The van der Waals surface area contributed by atoms with E-state index in [0.29, 0.717) is 5.82 Å². The van der Waals surface area contributed by atoms with Crippen LogP contribution in [0.15, 0.2) is 205 Å². The van der Waals surface area contributed by atoms with E-state index in [2.05, 4.69) is 181 Å². The Morgan fingerprint density at radius 3 is 1.67 bits per heavy atom. The quantitative estimate of drug-likeness (QED) is 0.167. The molecule has 0 amide bonds. The summed E-state index contributed by atoms with van der Waals surface area (Å²) < 4.78 is 6.53. The molecule has 0 N–H and O–H groups in total. The number of anilines is 3. The molecule has 0 unspecified atom stereocenters. The molecule has 2 heterocycles. The zero-order valence-electron chi connectivity index (χ0n) is 29.3. The molecule has 0 fully saturated rings. The summed E-state index contributed by atoms with van der Waals surface area (Å²) in [6.45, 7) is 0. The van der Waals surface area contributed by atoms with E-state index in [-0.39, 0.29) is 0 Å². The van der Waals surface area contributed by atoms with Gasteiger partial charge in [-0.1, -0.05) is 133 Å². The Morgan fingerprint density at radius 1 is 0.333 bits per heavy atom. The maximum absolute atomic E-state index is 6.53. The van der Waals surface area contributed by atoms with Gasteiger partial charge in [-0.15, -0.1) is 0 Å². The summed E-state index contributed by atoms with van der Waals surface area (Å²) in [5, 5.41) is 4.46. The van der Waals surface area contributed by atoms with Gasteiger partial charge in [-0.2, -0.15) is 0 Å². The van der Waals surface area contributed by atoms with E-state index in [1.807, 2.05) is 24.3 Å². The summed E-state index contributed by atoms with van der Waals surface area (Å²) in [7, 11) is 0. The molecule has 254 valence electrons. The third-order valence-electron chi connectivity index (χ3n) is 10.1. The molecule has 0 spiro atoms. The molecule has 0 saturated heterocycles. The molecule has 2 aromatic heterocycles. The maximum atomic E-state index is 6.53. The van der Waals surface area contributed by atoms with Crippen molar-refractivity contribution in [2.24, 2.45) is 0 Å². The van der Waals surface area contributed by atoms with Gasteiger partial charge in [-0.25, -0.2) is 9.97 Å². The summed E-state index contributed by atoms with van der Waals surface area (Å²) in [6.07, 6.45) is 0. The number of fused-ring (bicyclic) bond motifs is 4. The minimum Gasteiger partial charge on any atom is -0.456 e. The topological polar surface area (TPSA) is 42.2 Å². The van der Waals surface area contributed by atoms with E-state index >= 15 is 0 Å². The van der Waals surface area contributed by atoms with E-state index < -0.39 is 0 Å². The maximum Gasteiger partial charge on any atom is 0.160 e. The normalized spacial score (nSPS) is 11.3. The SMILES string of the molecule is c1ccc(-c2ccc(N(c3ccccc3)c3ccc4oc5cc(-c6nc(-c7ccccc7)cc(-c7ccc8ccccc8c7)n6)ccc5c4c3)cc2)cc1. The smallest absolute Gasteiger partial charge is 0.160 e. The van der Waals surface area contributed by atoms with Gasteiger partial charge in [0.25, 0.3) is 0 Å². The molecular formula is C50H33N3O. The van der Waals surface area contributed by atoms with E-state index in [4.69, 9.17) is 14.4 Å². The van der Waals surface area contributed by atoms with Crippen molar-refractivity contribution in [3.8, 4) is 45.0 Å². The van der Waals surface area contributed by atoms with Crippen LogP contribution in [0.2, 0.25) is 0 Å². The second-order valence-electron chi connectivity index (χ2n) is 13.5. The fourth-order valence-electron chi connectivity index (χ4n) is 7.33. The summed E-state index contributed by atoms with van der Waals surface area (Å²) in [5.74, 6) is 0.650. The Labute approximate surface area is 313 Å². The highest BCUT2D eigenvalue weighted by Gasteiger charge is 2.17. The molecule has 10 aromatic rings. The predicted octanol–water partition coefficient (Wildman–Crippen LogP) is 13.7. The Hall–Kier alpha value is -7.30. The van der Waals surface area contributed by atoms with Crippen LogP contribution >= 0.6 is 0 Å². The molecule has 10 rings (SSSR count).